The topological polar surface area (TPSA) is 119 Å². The first-order valence-corrected chi connectivity index (χ1v) is 3.82. The number of phosphoric acid groups is 1. The van der Waals surface area contributed by atoms with Crippen LogP contribution in [0.3, 0.4) is 0 Å². The quantitative estimate of drug-likeness (QED) is 0.381. The largest absolute Gasteiger partial charge is 2.00 e. The van der Waals surface area contributed by atoms with Gasteiger partial charge in [-0.05, 0) is 0 Å². The van der Waals surface area contributed by atoms with Gasteiger partial charge in [0.15, 0.2) is 0 Å². The van der Waals surface area contributed by atoms with Crippen molar-refractivity contribution in [1.82, 2.24) is 0 Å². The molecule has 0 fully saturated rings. The van der Waals surface area contributed by atoms with Gasteiger partial charge in [-0.25, -0.2) is 0 Å². The molecule has 0 aromatic heterocycles. The maximum absolute atomic E-state index is 10.1. The molecule has 0 amide bonds. The van der Waals surface area contributed by atoms with Gasteiger partial charge in [0.05, 0.1) is 7.82 Å². The molecule has 0 aliphatic heterocycles. The molecule has 0 aromatic rings. The zero-order valence-corrected chi connectivity index (χ0v) is 8.70. The molecule has 0 aliphatic rings. The first kappa shape index (κ1) is 18.8. The second-order valence-corrected chi connectivity index (χ2v) is 2.68. The van der Waals surface area contributed by atoms with Crippen molar-refractivity contribution in [2.75, 3.05) is 13.2 Å². The molecule has 0 N–H and O–H groups in total. The van der Waals surface area contributed by atoms with Crippen molar-refractivity contribution in [3.63, 3.8) is 0 Å². The van der Waals surface area contributed by atoms with Gasteiger partial charge >= 0.3 is 34.1 Å². The van der Waals surface area contributed by atoms with E-state index in [2.05, 4.69) is 4.52 Å². The van der Waals surface area contributed by atoms with Crippen molar-refractivity contribution in [2.45, 2.75) is 6.10 Å². The predicted octanol–water partition coefficient (Wildman–Crippen LogP) is -4.08. The predicted molar refractivity (Wildman–Crippen MR) is 22.2 cm³/mol. The van der Waals surface area contributed by atoms with Gasteiger partial charge in [-0.2, -0.15) is 6.61 Å². The normalized spacial score (nSPS) is 12.7. The minimum Gasteiger partial charge on any atom is -0.855 e. The zero-order chi connectivity index (χ0) is 8.20. The van der Waals surface area contributed by atoms with Gasteiger partial charge in [-0.15, -0.1) is 6.10 Å². The van der Waals surface area contributed by atoms with E-state index in [4.69, 9.17) is 0 Å². The van der Waals surface area contributed by atoms with Crippen LogP contribution in [-0.4, -0.2) is 19.3 Å². The van der Waals surface area contributed by atoms with E-state index in [0.717, 1.165) is 0 Å². The third-order valence-electron chi connectivity index (χ3n) is 0.604. The number of hydrogen-bond donors (Lipinski definition) is 0. The molecule has 0 heterocycles. The number of phosphoric ester groups is 1. The van der Waals surface area contributed by atoms with Gasteiger partial charge in [0, 0.05) is 6.61 Å². The van der Waals surface area contributed by atoms with Gasteiger partial charge in [0.25, 0.3) is 0 Å². The van der Waals surface area contributed by atoms with Crippen LogP contribution in [0.1, 0.15) is 0 Å². The van der Waals surface area contributed by atoms with Crippen LogP contribution in [0.2, 0.25) is 0 Å². The van der Waals surface area contributed by atoms with E-state index in [-0.39, 0.29) is 34.1 Å². The molecular weight excluding hydrogens is 275 g/mol. The van der Waals surface area contributed by atoms with Crippen molar-refractivity contribution in [1.29, 1.82) is 0 Å². The molecule has 1 atom stereocenters. The van der Waals surface area contributed by atoms with Crippen LogP contribution >= 0.6 is 7.82 Å². The minimum atomic E-state index is -5.07. The molecule has 0 aromatic carbocycles. The summed E-state index contributed by atoms with van der Waals surface area (Å²) in [7, 11) is -5.07. The maximum atomic E-state index is 10.1. The Labute approximate surface area is 90.5 Å². The second kappa shape index (κ2) is 8.66. The van der Waals surface area contributed by atoms with E-state index in [0.29, 0.717) is 0 Å². The summed E-state index contributed by atoms with van der Waals surface area (Å²) in [6.07, 6.45) is -1.68. The van der Waals surface area contributed by atoms with Crippen LogP contribution in [0.15, 0.2) is 0 Å². The molecule has 74 valence electrons. The maximum Gasteiger partial charge on any atom is 2.00 e. The van der Waals surface area contributed by atoms with Crippen LogP contribution < -0.4 is 20.0 Å². The van der Waals surface area contributed by atoms with E-state index in [1.165, 1.54) is 0 Å². The van der Waals surface area contributed by atoms with Crippen LogP contribution in [0.4, 0.5) is 0 Å². The fraction of sp³-hybridized carbons (Fsp3) is 1.00. The standard InChI is InChI=1S/C3H7O6P.2Fe/c4-1-3(5)2-9-10(6,7)8;;/h3H,1-2H2,(H2,6,7,8);;/q-2;2*+2/p-2. The molecule has 0 aliphatic carbocycles. The Morgan fingerprint density at radius 2 is 1.75 bits per heavy atom. The molecule has 6 nitrogen and oxygen atoms in total. The first-order chi connectivity index (χ1) is 4.45. The Hall–Kier alpha value is 1.07. The van der Waals surface area contributed by atoms with Gasteiger partial charge in [0.1, 0.15) is 0 Å². The molecule has 0 saturated carbocycles. The van der Waals surface area contributed by atoms with Crippen molar-refractivity contribution in [3.05, 3.63) is 0 Å². The second-order valence-electron chi connectivity index (χ2n) is 1.53. The summed E-state index contributed by atoms with van der Waals surface area (Å²) in [5.74, 6) is 0. The summed E-state index contributed by atoms with van der Waals surface area (Å²) < 4.78 is 13.2. The van der Waals surface area contributed by atoms with Crippen molar-refractivity contribution >= 4 is 7.82 Å². The summed E-state index contributed by atoms with van der Waals surface area (Å²) in [6.45, 7) is -1.87. The van der Waals surface area contributed by atoms with Gasteiger partial charge in [0.2, 0.25) is 0 Å². The number of rotatable bonds is 4. The summed E-state index contributed by atoms with van der Waals surface area (Å²) in [5.41, 5.74) is 0. The molecule has 0 rings (SSSR count). The van der Waals surface area contributed by atoms with Crippen molar-refractivity contribution < 1.29 is 63.2 Å². The molecule has 1 unspecified atom stereocenters. The average molecular weight is 280 g/mol. The van der Waals surface area contributed by atoms with Crippen molar-refractivity contribution in [3.8, 4) is 0 Å². The summed E-state index contributed by atoms with van der Waals surface area (Å²) in [4.78, 5) is 19.3. The molecule has 0 saturated heterocycles. The third kappa shape index (κ3) is 13.6. The average Bonchev–Trinajstić information content (AvgIpc) is 1.81. The molecule has 0 bridgehead atoms. The third-order valence-corrected chi connectivity index (χ3v) is 1.07. The number of hydrogen-bond acceptors (Lipinski definition) is 6. The molecular formula is C3H5Fe2O6P. The van der Waals surface area contributed by atoms with Gasteiger partial charge < -0.3 is 29.1 Å². The van der Waals surface area contributed by atoms with Crippen LogP contribution in [-0.2, 0) is 43.2 Å². The Morgan fingerprint density at radius 3 is 2.00 bits per heavy atom. The minimum absolute atomic E-state index is 0. The van der Waals surface area contributed by atoms with E-state index in [1.807, 2.05) is 0 Å². The Balaban J connectivity index is -0.000000405. The van der Waals surface area contributed by atoms with E-state index in [1.54, 1.807) is 0 Å². The SMILES string of the molecule is O=P([O-])([O-])OCC([O-])C[O-].[Fe+2].[Fe+2]. The van der Waals surface area contributed by atoms with Crippen molar-refractivity contribution in [2.24, 2.45) is 0 Å². The summed E-state index contributed by atoms with van der Waals surface area (Å²) in [5, 5.41) is 19.8. The Morgan fingerprint density at radius 1 is 1.33 bits per heavy atom. The first-order valence-electron chi connectivity index (χ1n) is 2.36. The summed E-state index contributed by atoms with van der Waals surface area (Å²) >= 11 is 0. The fourth-order valence-corrected chi connectivity index (χ4v) is 0.571. The van der Waals surface area contributed by atoms with Gasteiger partial charge in [-0.1, -0.05) is 0 Å². The van der Waals surface area contributed by atoms with E-state index in [9.17, 15) is 24.6 Å². The van der Waals surface area contributed by atoms with Crippen LogP contribution in [0, 0.1) is 0 Å². The molecule has 0 spiro atoms. The molecule has 12 heavy (non-hydrogen) atoms. The Kier molecular flexibility index (Phi) is 13.5. The zero-order valence-electron chi connectivity index (χ0n) is 5.60. The van der Waals surface area contributed by atoms with Crippen LogP contribution in [0.25, 0.3) is 0 Å². The monoisotopic (exact) mass is 280 g/mol. The Bertz CT molecular complexity index is 137. The van der Waals surface area contributed by atoms with Gasteiger partial charge in [-0.3, -0.25) is 0 Å². The van der Waals surface area contributed by atoms with E-state index >= 15 is 0 Å². The molecule has 9 heteroatoms. The smallest absolute Gasteiger partial charge is 0.855 e. The summed E-state index contributed by atoms with van der Waals surface area (Å²) in [6, 6.07) is 0. The molecule has 0 radical (unpaired) electrons. The fourth-order valence-electron chi connectivity index (χ4n) is 0.223. The van der Waals surface area contributed by atoms with E-state index < -0.39 is 27.1 Å². The van der Waals surface area contributed by atoms with Crippen LogP contribution in [0.5, 0.6) is 0 Å².